The van der Waals surface area contributed by atoms with Gasteiger partial charge in [-0.1, -0.05) is 0 Å². The second-order valence-corrected chi connectivity index (χ2v) is 3.48. The van der Waals surface area contributed by atoms with E-state index in [0.717, 1.165) is 25.1 Å². The molecule has 1 heterocycles. The summed E-state index contributed by atoms with van der Waals surface area (Å²) in [5.74, 6) is 6.88. The fraction of sp³-hybridized carbons (Fsp3) is 0.545. The minimum absolute atomic E-state index is 0.590. The molecule has 96 valence electrons. The fourth-order valence-corrected chi connectivity index (χ4v) is 1.31. The van der Waals surface area contributed by atoms with Gasteiger partial charge in [-0.25, -0.2) is 5.84 Å². The summed E-state index contributed by atoms with van der Waals surface area (Å²) in [5, 5.41) is 3.10. The summed E-state index contributed by atoms with van der Waals surface area (Å²) in [4.78, 5) is 4.26. The summed E-state index contributed by atoms with van der Waals surface area (Å²) in [6.45, 7) is 2.11. The quantitative estimate of drug-likeness (QED) is 0.209. The lowest BCUT2D eigenvalue weighted by Crippen LogP contribution is -2.42. The van der Waals surface area contributed by atoms with E-state index in [0.29, 0.717) is 19.1 Å². The lowest BCUT2D eigenvalue weighted by molar-refractivity contribution is 0.197. The van der Waals surface area contributed by atoms with Crippen LogP contribution < -0.4 is 16.6 Å². The minimum Gasteiger partial charge on any atom is -0.469 e. The number of methoxy groups -OCH3 is 1. The molecular weight excluding hydrogens is 220 g/mol. The summed E-state index contributed by atoms with van der Waals surface area (Å²) >= 11 is 0. The third-order valence-corrected chi connectivity index (χ3v) is 2.16. The molecule has 0 atom stereocenters. The van der Waals surface area contributed by atoms with Crippen LogP contribution in [0.4, 0.5) is 0 Å². The largest absolute Gasteiger partial charge is 0.469 e. The first-order valence-corrected chi connectivity index (χ1v) is 5.63. The van der Waals surface area contributed by atoms with Gasteiger partial charge in [0.15, 0.2) is 0 Å². The van der Waals surface area contributed by atoms with Crippen molar-refractivity contribution in [2.45, 2.75) is 12.8 Å². The van der Waals surface area contributed by atoms with Crippen LogP contribution in [-0.2, 0) is 11.2 Å². The zero-order valence-corrected chi connectivity index (χ0v) is 10.1. The Balaban J connectivity index is 2.17. The maximum Gasteiger partial charge on any atom is 0.205 e. The Morgan fingerprint density at radius 2 is 2.47 bits per heavy atom. The lowest BCUT2D eigenvalue weighted by atomic mass is 10.3. The molecule has 1 aromatic rings. The molecule has 0 aliphatic carbocycles. The first kappa shape index (κ1) is 13.5. The molecule has 0 saturated carbocycles. The van der Waals surface area contributed by atoms with Gasteiger partial charge in [0.1, 0.15) is 5.76 Å². The van der Waals surface area contributed by atoms with Crippen LogP contribution in [0.25, 0.3) is 0 Å². The monoisotopic (exact) mass is 240 g/mol. The van der Waals surface area contributed by atoms with Crippen LogP contribution >= 0.6 is 0 Å². The van der Waals surface area contributed by atoms with Crippen LogP contribution in [0, 0.1) is 0 Å². The Hall–Kier alpha value is -1.53. The van der Waals surface area contributed by atoms with Gasteiger partial charge in [-0.15, -0.1) is 0 Å². The first-order valence-electron chi connectivity index (χ1n) is 5.63. The summed E-state index contributed by atoms with van der Waals surface area (Å²) in [7, 11) is 1.67. The predicted octanol–water partition coefficient (Wildman–Crippen LogP) is 0.268. The lowest BCUT2D eigenvalue weighted by Gasteiger charge is -2.08. The topological polar surface area (TPSA) is 84.8 Å². The van der Waals surface area contributed by atoms with Crippen molar-refractivity contribution in [1.82, 2.24) is 10.7 Å². The van der Waals surface area contributed by atoms with Crippen LogP contribution in [-0.4, -0.2) is 32.8 Å². The van der Waals surface area contributed by atoms with Crippen LogP contribution in [0.15, 0.2) is 27.8 Å². The van der Waals surface area contributed by atoms with E-state index in [9.17, 15) is 0 Å². The Bertz CT molecular complexity index is 311. The van der Waals surface area contributed by atoms with E-state index in [1.165, 1.54) is 0 Å². The van der Waals surface area contributed by atoms with E-state index >= 15 is 0 Å². The highest BCUT2D eigenvalue weighted by Gasteiger charge is 1.97. The first-order chi connectivity index (χ1) is 8.36. The van der Waals surface area contributed by atoms with E-state index in [1.54, 1.807) is 13.4 Å². The SMILES string of the molecule is COCCCN=C(NN)NCCc1ccco1. The standard InChI is InChI=1S/C11H20N4O2/c1-16-8-3-6-13-11(15-12)14-7-5-10-4-2-9-17-10/h2,4,9H,3,5-8,12H2,1H3,(H2,13,14,15). The highest BCUT2D eigenvalue weighted by atomic mass is 16.5. The van der Waals surface area contributed by atoms with Crippen molar-refractivity contribution in [2.24, 2.45) is 10.8 Å². The molecule has 0 bridgehead atoms. The molecule has 0 saturated heterocycles. The molecular formula is C11H20N4O2. The van der Waals surface area contributed by atoms with Gasteiger partial charge in [-0.3, -0.25) is 10.4 Å². The second-order valence-electron chi connectivity index (χ2n) is 3.48. The van der Waals surface area contributed by atoms with Gasteiger partial charge >= 0.3 is 0 Å². The molecule has 4 N–H and O–H groups in total. The third kappa shape index (κ3) is 5.94. The van der Waals surface area contributed by atoms with Crippen molar-refractivity contribution in [2.75, 3.05) is 26.8 Å². The number of aliphatic imine (C=N–C) groups is 1. The van der Waals surface area contributed by atoms with E-state index in [-0.39, 0.29) is 0 Å². The number of hydrogen-bond acceptors (Lipinski definition) is 4. The number of furan rings is 1. The number of guanidine groups is 1. The van der Waals surface area contributed by atoms with Gasteiger partial charge in [0.2, 0.25) is 5.96 Å². The van der Waals surface area contributed by atoms with Crippen molar-refractivity contribution < 1.29 is 9.15 Å². The van der Waals surface area contributed by atoms with E-state index in [1.807, 2.05) is 12.1 Å². The van der Waals surface area contributed by atoms with E-state index < -0.39 is 0 Å². The summed E-state index contributed by atoms with van der Waals surface area (Å²) in [6.07, 6.45) is 3.34. The molecule has 6 heteroatoms. The maximum atomic E-state index is 5.35. The predicted molar refractivity (Wildman–Crippen MR) is 66.5 cm³/mol. The third-order valence-electron chi connectivity index (χ3n) is 2.16. The molecule has 1 aromatic heterocycles. The Morgan fingerprint density at radius 3 is 3.12 bits per heavy atom. The van der Waals surface area contributed by atoms with Crippen molar-refractivity contribution in [3.63, 3.8) is 0 Å². The Labute approximate surface area is 101 Å². The fourth-order valence-electron chi connectivity index (χ4n) is 1.31. The van der Waals surface area contributed by atoms with Crippen molar-refractivity contribution in [3.05, 3.63) is 24.2 Å². The van der Waals surface area contributed by atoms with Crippen LogP contribution in [0.5, 0.6) is 0 Å². The molecule has 0 unspecified atom stereocenters. The molecule has 0 aliphatic rings. The average molecular weight is 240 g/mol. The number of nitrogens with two attached hydrogens (primary N) is 1. The molecule has 0 amide bonds. The summed E-state index contributed by atoms with van der Waals surface area (Å²) in [5.41, 5.74) is 2.53. The molecule has 0 aliphatic heterocycles. The van der Waals surface area contributed by atoms with E-state index in [4.69, 9.17) is 15.0 Å². The highest BCUT2D eigenvalue weighted by Crippen LogP contribution is 1.99. The zero-order valence-electron chi connectivity index (χ0n) is 10.1. The Kier molecular flexibility index (Phi) is 6.85. The second kappa shape index (κ2) is 8.60. The zero-order chi connectivity index (χ0) is 12.3. The summed E-state index contributed by atoms with van der Waals surface area (Å²) in [6, 6.07) is 3.81. The van der Waals surface area contributed by atoms with Gasteiger partial charge in [-0.05, 0) is 18.6 Å². The van der Waals surface area contributed by atoms with Crippen LogP contribution in [0.3, 0.4) is 0 Å². The van der Waals surface area contributed by atoms with Gasteiger partial charge in [0.05, 0.1) is 6.26 Å². The number of hydrazine groups is 1. The molecule has 1 rings (SSSR count). The number of nitrogens with zero attached hydrogens (tertiary/aromatic N) is 1. The normalized spacial score (nSPS) is 11.5. The molecule has 17 heavy (non-hydrogen) atoms. The molecule has 0 spiro atoms. The Morgan fingerprint density at radius 1 is 1.59 bits per heavy atom. The van der Waals surface area contributed by atoms with Crippen LogP contribution in [0.1, 0.15) is 12.2 Å². The van der Waals surface area contributed by atoms with Crippen LogP contribution in [0.2, 0.25) is 0 Å². The smallest absolute Gasteiger partial charge is 0.205 e. The van der Waals surface area contributed by atoms with Crippen molar-refractivity contribution in [1.29, 1.82) is 0 Å². The van der Waals surface area contributed by atoms with E-state index in [2.05, 4.69) is 15.7 Å². The number of hydrogen-bond donors (Lipinski definition) is 3. The molecule has 0 aromatic carbocycles. The maximum absolute atomic E-state index is 5.35. The summed E-state index contributed by atoms with van der Waals surface area (Å²) < 4.78 is 10.1. The highest BCUT2D eigenvalue weighted by molar-refractivity contribution is 5.79. The number of rotatable bonds is 7. The van der Waals surface area contributed by atoms with Crippen molar-refractivity contribution in [3.8, 4) is 0 Å². The van der Waals surface area contributed by atoms with Gasteiger partial charge in [0.25, 0.3) is 0 Å². The van der Waals surface area contributed by atoms with Gasteiger partial charge in [0, 0.05) is 33.2 Å². The molecule has 0 fully saturated rings. The molecule has 6 nitrogen and oxygen atoms in total. The number of nitrogens with one attached hydrogen (secondary N) is 2. The van der Waals surface area contributed by atoms with Crippen molar-refractivity contribution >= 4 is 5.96 Å². The molecule has 0 radical (unpaired) electrons. The van der Waals surface area contributed by atoms with Gasteiger partial charge in [-0.2, -0.15) is 0 Å². The average Bonchev–Trinajstić information content (AvgIpc) is 2.85. The number of ether oxygens (including phenoxy) is 1. The van der Waals surface area contributed by atoms with Gasteiger partial charge < -0.3 is 14.5 Å². The minimum atomic E-state index is 0.590.